The molecule has 2 rings (SSSR count). The van der Waals surface area contributed by atoms with Crippen molar-refractivity contribution in [1.29, 1.82) is 0 Å². The van der Waals surface area contributed by atoms with Crippen LogP contribution in [0, 0.1) is 6.92 Å². The van der Waals surface area contributed by atoms with Gasteiger partial charge in [-0.2, -0.15) is 0 Å². The van der Waals surface area contributed by atoms with Gasteiger partial charge in [0.1, 0.15) is 12.3 Å². The molecule has 0 bridgehead atoms. The summed E-state index contributed by atoms with van der Waals surface area (Å²) in [4.78, 5) is 24.3. The molecule has 5 heteroatoms. The summed E-state index contributed by atoms with van der Waals surface area (Å²) in [6.07, 6.45) is -0.594. The Labute approximate surface area is 99.2 Å². The van der Waals surface area contributed by atoms with E-state index < -0.39 is 12.0 Å². The number of nitrogens with two attached hydrogens (primary N) is 1. The van der Waals surface area contributed by atoms with Crippen molar-refractivity contribution >= 4 is 17.5 Å². The first-order valence-corrected chi connectivity index (χ1v) is 5.36. The molecular weight excluding hydrogens is 220 g/mol. The highest BCUT2D eigenvalue weighted by atomic mass is 16.5. The van der Waals surface area contributed by atoms with Gasteiger partial charge in [0.05, 0.1) is 5.69 Å². The normalized spacial score (nSPS) is 18.6. The lowest BCUT2D eigenvalue weighted by molar-refractivity contribution is -0.127. The number of nitrogens with zero attached hydrogens (tertiary/aromatic N) is 1. The average molecular weight is 234 g/mol. The summed E-state index contributed by atoms with van der Waals surface area (Å²) in [5.41, 5.74) is 6.77. The number of fused-ring (bicyclic) bond motifs is 1. The molecule has 0 unspecified atom stereocenters. The van der Waals surface area contributed by atoms with Crippen molar-refractivity contribution < 1.29 is 14.3 Å². The summed E-state index contributed by atoms with van der Waals surface area (Å²) < 4.78 is 5.49. The maximum atomic E-state index is 11.9. The lowest BCUT2D eigenvalue weighted by Gasteiger charge is -2.32. The molecule has 1 aliphatic rings. The zero-order valence-corrected chi connectivity index (χ0v) is 9.77. The second-order valence-corrected chi connectivity index (χ2v) is 4.12. The van der Waals surface area contributed by atoms with Gasteiger partial charge in [-0.3, -0.25) is 14.5 Å². The van der Waals surface area contributed by atoms with E-state index in [1.165, 1.54) is 4.90 Å². The lowest BCUT2D eigenvalue weighted by Crippen LogP contribution is -2.47. The first-order chi connectivity index (χ1) is 7.99. The summed E-state index contributed by atoms with van der Waals surface area (Å²) in [6, 6.07) is 5.46. The van der Waals surface area contributed by atoms with Crippen LogP contribution < -0.4 is 15.4 Å². The molecule has 1 aliphatic heterocycles. The number of carbonyl (C=O) groups is 2. The van der Waals surface area contributed by atoms with Crippen LogP contribution in [0.25, 0.3) is 0 Å². The van der Waals surface area contributed by atoms with Gasteiger partial charge in [0.15, 0.2) is 6.10 Å². The molecule has 0 spiro atoms. The van der Waals surface area contributed by atoms with E-state index in [0.29, 0.717) is 11.4 Å². The van der Waals surface area contributed by atoms with Crippen LogP contribution >= 0.6 is 0 Å². The maximum absolute atomic E-state index is 11.9. The van der Waals surface area contributed by atoms with E-state index in [1.807, 2.05) is 19.1 Å². The SMILES string of the molecule is Cc1ccc2c(c1)O[C@@H](C)C(=O)N2CC(N)=O. The van der Waals surface area contributed by atoms with Gasteiger partial charge < -0.3 is 10.5 Å². The smallest absolute Gasteiger partial charge is 0.268 e. The number of benzene rings is 1. The average Bonchev–Trinajstić information content (AvgIpc) is 2.24. The van der Waals surface area contributed by atoms with Crippen molar-refractivity contribution in [3.63, 3.8) is 0 Å². The molecule has 1 heterocycles. The molecule has 2 N–H and O–H groups in total. The third-order valence-corrected chi connectivity index (χ3v) is 2.64. The number of hydrogen-bond donors (Lipinski definition) is 1. The number of aryl methyl sites for hydroxylation is 1. The van der Waals surface area contributed by atoms with Gasteiger partial charge in [0, 0.05) is 0 Å². The second kappa shape index (κ2) is 4.08. The highest BCUT2D eigenvalue weighted by Gasteiger charge is 2.32. The van der Waals surface area contributed by atoms with Crippen molar-refractivity contribution in [2.24, 2.45) is 5.73 Å². The van der Waals surface area contributed by atoms with Crippen LogP contribution in [0.5, 0.6) is 5.75 Å². The standard InChI is InChI=1S/C12H14N2O3/c1-7-3-4-9-10(5-7)17-8(2)12(16)14(9)6-11(13)15/h3-5,8H,6H2,1-2H3,(H2,13,15)/t8-/m0/s1. The number of ether oxygens (including phenoxy) is 1. The molecule has 0 aromatic heterocycles. The first kappa shape index (κ1) is 11.4. The van der Waals surface area contributed by atoms with E-state index >= 15 is 0 Å². The Morgan fingerprint density at radius 2 is 2.24 bits per heavy atom. The Bertz CT molecular complexity index is 485. The van der Waals surface area contributed by atoms with E-state index in [1.54, 1.807) is 13.0 Å². The van der Waals surface area contributed by atoms with E-state index in [0.717, 1.165) is 5.56 Å². The molecule has 0 fully saturated rings. The third-order valence-electron chi connectivity index (χ3n) is 2.64. The highest BCUT2D eigenvalue weighted by Crippen LogP contribution is 2.34. The van der Waals surface area contributed by atoms with Gasteiger partial charge in [-0.05, 0) is 31.5 Å². The molecular formula is C12H14N2O3. The zero-order valence-electron chi connectivity index (χ0n) is 9.77. The minimum Gasteiger partial charge on any atom is -0.479 e. The minimum atomic E-state index is -0.594. The molecule has 17 heavy (non-hydrogen) atoms. The zero-order chi connectivity index (χ0) is 12.6. The van der Waals surface area contributed by atoms with Gasteiger partial charge in [-0.1, -0.05) is 6.07 Å². The van der Waals surface area contributed by atoms with Crippen LogP contribution in [-0.4, -0.2) is 24.5 Å². The van der Waals surface area contributed by atoms with Gasteiger partial charge in [0.2, 0.25) is 5.91 Å². The van der Waals surface area contributed by atoms with E-state index in [2.05, 4.69) is 0 Å². The van der Waals surface area contributed by atoms with Gasteiger partial charge in [-0.25, -0.2) is 0 Å². The number of anilines is 1. The molecule has 0 saturated carbocycles. The van der Waals surface area contributed by atoms with Crippen LogP contribution in [0.15, 0.2) is 18.2 Å². The topological polar surface area (TPSA) is 72.6 Å². The van der Waals surface area contributed by atoms with Crippen LogP contribution in [0.1, 0.15) is 12.5 Å². The molecule has 0 aliphatic carbocycles. The van der Waals surface area contributed by atoms with Crippen molar-refractivity contribution in [2.45, 2.75) is 20.0 Å². The Hall–Kier alpha value is -2.04. The number of rotatable bonds is 2. The van der Waals surface area contributed by atoms with Gasteiger partial charge in [0.25, 0.3) is 5.91 Å². The number of carbonyl (C=O) groups excluding carboxylic acids is 2. The van der Waals surface area contributed by atoms with Crippen molar-refractivity contribution in [1.82, 2.24) is 0 Å². The second-order valence-electron chi connectivity index (χ2n) is 4.12. The molecule has 0 radical (unpaired) electrons. The monoisotopic (exact) mass is 234 g/mol. The number of hydrogen-bond acceptors (Lipinski definition) is 3. The minimum absolute atomic E-state index is 0.122. The van der Waals surface area contributed by atoms with Crippen molar-refractivity contribution in [3.8, 4) is 5.75 Å². The lowest BCUT2D eigenvalue weighted by atomic mass is 10.1. The third kappa shape index (κ3) is 2.08. The number of primary amides is 1. The Morgan fingerprint density at radius 1 is 1.53 bits per heavy atom. The number of amides is 2. The fourth-order valence-electron chi connectivity index (χ4n) is 1.84. The molecule has 1 aromatic rings. The maximum Gasteiger partial charge on any atom is 0.268 e. The van der Waals surface area contributed by atoms with Crippen LogP contribution in [-0.2, 0) is 9.59 Å². The highest BCUT2D eigenvalue weighted by molar-refractivity contribution is 6.03. The van der Waals surface area contributed by atoms with Crippen molar-refractivity contribution in [3.05, 3.63) is 23.8 Å². The summed E-state index contributed by atoms with van der Waals surface area (Å²) >= 11 is 0. The fraction of sp³-hybridized carbons (Fsp3) is 0.333. The van der Waals surface area contributed by atoms with E-state index in [4.69, 9.17) is 10.5 Å². The summed E-state index contributed by atoms with van der Waals surface area (Å²) in [5, 5.41) is 0. The largest absolute Gasteiger partial charge is 0.479 e. The van der Waals surface area contributed by atoms with Crippen molar-refractivity contribution in [2.75, 3.05) is 11.4 Å². The summed E-state index contributed by atoms with van der Waals surface area (Å²) in [6.45, 7) is 3.47. The van der Waals surface area contributed by atoms with E-state index in [-0.39, 0.29) is 12.5 Å². The molecule has 1 aromatic carbocycles. The van der Waals surface area contributed by atoms with Crippen LogP contribution in [0.2, 0.25) is 0 Å². The summed E-state index contributed by atoms with van der Waals surface area (Å²) in [7, 11) is 0. The Morgan fingerprint density at radius 3 is 2.88 bits per heavy atom. The molecule has 2 amide bonds. The fourth-order valence-corrected chi connectivity index (χ4v) is 1.84. The molecule has 0 saturated heterocycles. The quantitative estimate of drug-likeness (QED) is 0.814. The van der Waals surface area contributed by atoms with Gasteiger partial charge in [-0.15, -0.1) is 0 Å². The molecule has 1 atom stereocenters. The summed E-state index contributed by atoms with van der Waals surface area (Å²) in [5.74, 6) is -0.183. The first-order valence-electron chi connectivity index (χ1n) is 5.36. The Balaban J connectivity index is 2.45. The van der Waals surface area contributed by atoms with Crippen LogP contribution in [0.3, 0.4) is 0 Å². The predicted octanol–water partition coefficient (Wildman–Crippen LogP) is 0.594. The molecule has 5 nitrogen and oxygen atoms in total. The van der Waals surface area contributed by atoms with E-state index in [9.17, 15) is 9.59 Å². The predicted molar refractivity (Wildman–Crippen MR) is 62.8 cm³/mol. The Kier molecular flexibility index (Phi) is 2.75. The molecule has 90 valence electrons. The van der Waals surface area contributed by atoms with Gasteiger partial charge >= 0.3 is 0 Å². The van der Waals surface area contributed by atoms with Crippen LogP contribution in [0.4, 0.5) is 5.69 Å².